The number of carbonyl (C=O) groups excluding carboxylic acids is 1. The fourth-order valence-corrected chi connectivity index (χ4v) is 3.27. The molecule has 0 unspecified atom stereocenters. The van der Waals surface area contributed by atoms with Gasteiger partial charge >= 0.3 is 0 Å². The quantitative estimate of drug-likeness (QED) is 0.192. The average Bonchev–Trinajstić information content (AvgIpc) is 2.71. The van der Waals surface area contributed by atoms with Gasteiger partial charge in [0.05, 0.1) is 6.54 Å². The Kier molecular flexibility index (Phi) is 13.2. The summed E-state index contributed by atoms with van der Waals surface area (Å²) in [5, 5.41) is 9.61. The van der Waals surface area contributed by atoms with Gasteiger partial charge in [0.25, 0.3) is 0 Å². The van der Waals surface area contributed by atoms with E-state index >= 15 is 0 Å². The van der Waals surface area contributed by atoms with Crippen LogP contribution in [0.1, 0.15) is 51.0 Å². The lowest BCUT2D eigenvalue weighted by atomic mass is 9.95. The largest absolute Gasteiger partial charge is 0.489 e. The van der Waals surface area contributed by atoms with E-state index in [0.29, 0.717) is 38.1 Å². The molecule has 29 heavy (non-hydrogen) atoms. The Labute approximate surface area is 192 Å². The average molecular weight is 514 g/mol. The summed E-state index contributed by atoms with van der Waals surface area (Å²) < 4.78 is 5.68. The van der Waals surface area contributed by atoms with Gasteiger partial charge in [0.1, 0.15) is 12.4 Å². The first-order chi connectivity index (χ1) is 13.7. The third kappa shape index (κ3) is 10.0. The second-order valence-electron chi connectivity index (χ2n) is 6.98. The highest BCUT2D eigenvalue weighted by Crippen LogP contribution is 2.19. The van der Waals surface area contributed by atoms with Crippen LogP contribution >= 0.6 is 24.0 Å². The van der Waals surface area contributed by atoms with Crippen molar-refractivity contribution in [2.75, 3.05) is 19.7 Å². The third-order valence-corrected chi connectivity index (χ3v) is 4.70. The molecule has 0 spiro atoms. The molecule has 0 bridgehead atoms. The van der Waals surface area contributed by atoms with Crippen molar-refractivity contribution in [1.82, 2.24) is 16.0 Å². The summed E-state index contributed by atoms with van der Waals surface area (Å²) in [4.78, 5) is 16.8. The maximum Gasteiger partial charge on any atom is 0.221 e. The fourth-order valence-electron chi connectivity index (χ4n) is 3.27. The topological polar surface area (TPSA) is 74.8 Å². The number of nitrogens with one attached hydrogen (secondary N) is 3. The van der Waals surface area contributed by atoms with Gasteiger partial charge in [-0.25, -0.2) is 4.99 Å². The molecule has 1 aliphatic rings. The number of rotatable bonds is 10. The van der Waals surface area contributed by atoms with Crippen LogP contribution < -0.4 is 20.7 Å². The van der Waals surface area contributed by atoms with E-state index in [1.54, 1.807) is 6.08 Å². The highest BCUT2D eigenvalue weighted by atomic mass is 127. The Morgan fingerprint density at radius 2 is 2.00 bits per heavy atom. The number of halogens is 1. The lowest BCUT2D eigenvalue weighted by Gasteiger charge is -2.22. The summed E-state index contributed by atoms with van der Waals surface area (Å²) in [6.45, 7) is 7.98. The Hall–Kier alpha value is -1.77. The Morgan fingerprint density at radius 3 is 2.72 bits per heavy atom. The van der Waals surface area contributed by atoms with Gasteiger partial charge in [-0.15, -0.1) is 24.0 Å². The normalized spacial score (nSPS) is 14.4. The van der Waals surface area contributed by atoms with Crippen LogP contribution in [0, 0.1) is 0 Å². The van der Waals surface area contributed by atoms with Crippen LogP contribution in [-0.4, -0.2) is 37.6 Å². The van der Waals surface area contributed by atoms with Crippen molar-refractivity contribution in [2.45, 2.75) is 58.0 Å². The van der Waals surface area contributed by atoms with E-state index in [1.165, 1.54) is 19.3 Å². The molecule has 1 amide bonds. The van der Waals surface area contributed by atoms with E-state index in [1.807, 2.05) is 31.2 Å². The van der Waals surface area contributed by atoms with Gasteiger partial charge in [-0.2, -0.15) is 0 Å². The molecule has 2 rings (SSSR count). The highest BCUT2D eigenvalue weighted by molar-refractivity contribution is 14.0. The molecule has 162 valence electrons. The zero-order valence-electron chi connectivity index (χ0n) is 17.4. The molecule has 1 fully saturated rings. The minimum atomic E-state index is 0. The minimum Gasteiger partial charge on any atom is -0.489 e. The van der Waals surface area contributed by atoms with Crippen molar-refractivity contribution in [3.8, 4) is 5.75 Å². The highest BCUT2D eigenvalue weighted by Gasteiger charge is 2.15. The Morgan fingerprint density at radius 1 is 1.24 bits per heavy atom. The predicted octanol–water partition coefficient (Wildman–Crippen LogP) is 3.76. The van der Waals surface area contributed by atoms with Crippen LogP contribution in [0.25, 0.3) is 0 Å². The van der Waals surface area contributed by atoms with Gasteiger partial charge in [-0.3, -0.25) is 4.79 Å². The molecule has 0 atom stereocenters. The number of ether oxygens (including phenoxy) is 1. The summed E-state index contributed by atoms with van der Waals surface area (Å²) >= 11 is 0. The molecule has 7 heteroatoms. The maximum absolute atomic E-state index is 12.1. The summed E-state index contributed by atoms with van der Waals surface area (Å²) in [6, 6.07) is 8.21. The predicted molar refractivity (Wildman–Crippen MR) is 130 cm³/mol. The summed E-state index contributed by atoms with van der Waals surface area (Å²) in [5.74, 6) is 1.62. The number of benzene rings is 1. The van der Waals surface area contributed by atoms with Crippen molar-refractivity contribution < 1.29 is 9.53 Å². The molecule has 0 saturated heterocycles. The van der Waals surface area contributed by atoms with Crippen molar-refractivity contribution in [3.63, 3.8) is 0 Å². The van der Waals surface area contributed by atoms with E-state index in [4.69, 9.17) is 4.74 Å². The van der Waals surface area contributed by atoms with E-state index in [-0.39, 0.29) is 29.9 Å². The third-order valence-electron chi connectivity index (χ3n) is 4.70. The van der Waals surface area contributed by atoms with Crippen LogP contribution in [-0.2, 0) is 11.3 Å². The second-order valence-corrected chi connectivity index (χ2v) is 6.98. The second kappa shape index (κ2) is 15.1. The molecule has 1 saturated carbocycles. The molecule has 6 nitrogen and oxygen atoms in total. The number of nitrogens with zero attached hydrogens (tertiary/aromatic N) is 1. The maximum atomic E-state index is 12.1. The van der Waals surface area contributed by atoms with Crippen molar-refractivity contribution in [1.29, 1.82) is 0 Å². The Bertz CT molecular complexity index is 645. The van der Waals surface area contributed by atoms with Crippen LogP contribution in [0.3, 0.4) is 0 Å². The smallest absolute Gasteiger partial charge is 0.221 e. The summed E-state index contributed by atoms with van der Waals surface area (Å²) in [7, 11) is 0. The van der Waals surface area contributed by atoms with E-state index in [9.17, 15) is 4.79 Å². The van der Waals surface area contributed by atoms with Gasteiger partial charge in [0.2, 0.25) is 5.91 Å². The Balaban J connectivity index is 0.00000420. The van der Waals surface area contributed by atoms with Gasteiger partial charge in [0.15, 0.2) is 5.96 Å². The summed E-state index contributed by atoms with van der Waals surface area (Å²) in [5.41, 5.74) is 1.01. The lowest BCUT2D eigenvalue weighted by molar-refractivity contribution is -0.121. The van der Waals surface area contributed by atoms with Crippen molar-refractivity contribution in [2.24, 2.45) is 4.99 Å². The van der Waals surface area contributed by atoms with Crippen LogP contribution in [0.4, 0.5) is 0 Å². The van der Waals surface area contributed by atoms with Gasteiger partial charge in [-0.05, 0) is 25.8 Å². The number of amides is 1. The molecular weight excluding hydrogens is 479 g/mol. The molecule has 0 aromatic heterocycles. The molecule has 0 aliphatic heterocycles. The first-order valence-corrected chi connectivity index (χ1v) is 10.4. The zero-order chi connectivity index (χ0) is 20.0. The van der Waals surface area contributed by atoms with Gasteiger partial charge in [-0.1, -0.05) is 50.1 Å². The molecule has 0 radical (unpaired) electrons. The lowest BCUT2D eigenvalue weighted by Crippen LogP contribution is -2.41. The van der Waals surface area contributed by atoms with Crippen molar-refractivity contribution in [3.05, 3.63) is 42.5 Å². The van der Waals surface area contributed by atoms with E-state index in [0.717, 1.165) is 30.7 Å². The molecule has 1 aromatic carbocycles. The van der Waals surface area contributed by atoms with Crippen LogP contribution in [0.5, 0.6) is 5.75 Å². The first-order valence-electron chi connectivity index (χ1n) is 10.4. The minimum absolute atomic E-state index is 0. The standard InChI is InChI=1S/C22H34N4O2.HI/c1-3-16-28-20-13-9-8-10-18(20)17-25-22(23-4-2)24-15-14-21(27)26-19-11-6-5-7-12-19;/h3,8-10,13,19H,1,4-7,11-12,14-17H2,2H3,(H,26,27)(H2,23,24,25);1H. The first kappa shape index (κ1) is 25.3. The molecule has 1 aliphatic carbocycles. The molecule has 0 heterocycles. The monoisotopic (exact) mass is 514 g/mol. The van der Waals surface area contributed by atoms with Crippen LogP contribution in [0.15, 0.2) is 41.9 Å². The van der Waals surface area contributed by atoms with Gasteiger partial charge in [0, 0.05) is 31.1 Å². The van der Waals surface area contributed by atoms with Crippen LogP contribution in [0.2, 0.25) is 0 Å². The van der Waals surface area contributed by atoms with Crippen molar-refractivity contribution >= 4 is 35.8 Å². The number of hydrogen-bond acceptors (Lipinski definition) is 3. The number of para-hydroxylation sites is 1. The zero-order valence-corrected chi connectivity index (χ0v) is 19.7. The number of aliphatic imine (C=N–C) groups is 1. The fraction of sp³-hybridized carbons (Fsp3) is 0.545. The number of hydrogen-bond donors (Lipinski definition) is 3. The van der Waals surface area contributed by atoms with Gasteiger partial charge < -0.3 is 20.7 Å². The number of guanidine groups is 1. The molecule has 3 N–H and O–H groups in total. The van der Waals surface area contributed by atoms with E-state index in [2.05, 4.69) is 27.5 Å². The number of carbonyl (C=O) groups is 1. The molecule has 1 aromatic rings. The summed E-state index contributed by atoms with van der Waals surface area (Å²) in [6.07, 6.45) is 8.12. The SMILES string of the molecule is C=CCOc1ccccc1CN=C(NCC)NCCC(=O)NC1CCCCC1.I. The van der Waals surface area contributed by atoms with E-state index < -0.39 is 0 Å². The molecular formula is C22H35IN4O2.